The smallest absolute Gasteiger partial charge is 0.336 e. The predicted octanol–water partition coefficient (Wildman–Crippen LogP) is 12.2. The molecule has 2 fully saturated rings. The lowest BCUT2D eigenvalue weighted by Gasteiger charge is -2.43. The molecule has 0 aliphatic heterocycles. The van der Waals surface area contributed by atoms with E-state index in [1.54, 1.807) is 0 Å². The Bertz CT molecular complexity index is 885. The van der Waals surface area contributed by atoms with E-state index in [1.165, 1.54) is 89.9 Å². The van der Waals surface area contributed by atoms with Crippen LogP contribution in [0.5, 0.6) is 0 Å². The molecule has 2 aliphatic rings. The van der Waals surface area contributed by atoms with Crippen molar-refractivity contribution in [2.45, 2.75) is 246 Å². The maximum Gasteiger partial charge on any atom is 0.336 e. The minimum atomic E-state index is -3.13. The summed E-state index contributed by atoms with van der Waals surface area (Å²) in [5.74, 6) is -8.02. The Labute approximate surface area is 345 Å². The van der Waals surface area contributed by atoms with Gasteiger partial charge in [0.1, 0.15) is 5.92 Å². The standard InChI is InChI=1S/C43H80O7.C5H12O/c1-6-10-12-14-16-18-28-37(32-30-35-24-20-25-35)34(5)49-42(45,46)40(38(22-8-3)23-9-4)43(47,48)50-41(44)39(33-31-36-26-21-27-36)29-19-17-15-13-11-7-2;1-2-3-4-5-6/h35-40,45-48H,5-33H2,1-4H3;6H,2-5H2,1H3. The van der Waals surface area contributed by atoms with Crippen LogP contribution in [0.1, 0.15) is 234 Å². The average molecular weight is 797 g/mol. The number of unbranched alkanes of at least 4 members (excludes halogenated alkanes) is 12. The van der Waals surface area contributed by atoms with Crippen molar-refractivity contribution in [2.24, 2.45) is 35.5 Å². The van der Waals surface area contributed by atoms with Crippen molar-refractivity contribution >= 4 is 5.97 Å². The highest BCUT2D eigenvalue weighted by atomic mass is 16.8. The summed E-state index contributed by atoms with van der Waals surface area (Å²) in [7, 11) is 0. The molecule has 3 atom stereocenters. The molecular formula is C48H92O8. The van der Waals surface area contributed by atoms with Gasteiger partial charge in [-0.15, -0.1) is 0 Å². The topological polar surface area (TPSA) is 137 Å². The van der Waals surface area contributed by atoms with E-state index in [0.717, 1.165) is 70.6 Å². The fourth-order valence-corrected chi connectivity index (χ4v) is 8.70. The number of aliphatic hydroxyl groups excluding tert-OH is 1. The van der Waals surface area contributed by atoms with Crippen LogP contribution in [-0.4, -0.2) is 50.1 Å². The van der Waals surface area contributed by atoms with Crippen molar-refractivity contribution < 1.29 is 39.8 Å². The molecule has 0 aromatic carbocycles. The summed E-state index contributed by atoms with van der Waals surface area (Å²) < 4.78 is 11.6. The van der Waals surface area contributed by atoms with Crippen molar-refractivity contribution in [1.82, 2.24) is 0 Å². The molecule has 2 saturated carbocycles. The molecule has 2 aliphatic carbocycles. The molecule has 8 heteroatoms. The average Bonchev–Trinajstić information content (AvgIpc) is 3.10. The van der Waals surface area contributed by atoms with E-state index in [2.05, 4.69) is 27.4 Å². The van der Waals surface area contributed by atoms with Gasteiger partial charge < -0.3 is 35.0 Å². The van der Waals surface area contributed by atoms with E-state index in [9.17, 15) is 25.2 Å². The molecule has 3 unspecified atom stereocenters. The quantitative estimate of drug-likeness (QED) is 0.0185. The molecule has 0 bridgehead atoms. The zero-order valence-electron chi connectivity index (χ0n) is 37.3. The van der Waals surface area contributed by atoms with Gasteiger partial charge >= 0.3 is 17.9 Å². The summed E-state index contributed by atoms with van der Waals surface area (Å²) in [6.45, 7) is 15.0. The summed E-state index contributed by atoms with van der Waals surface area (Å²) in [6.07, 6.45) is 31.5. The zero-order chi connectivity index (χ0) is 41.7. The normalized spacial score (nSPS) is 16.7. The molecule has 0 saturated heterocycles. The minimum absolute atomic E-state index is 0.0700. The Morgan fingerprint density at radius 1 is 0.554 bits per heavy atom. The number of hydrogen-bond acceptors (Lipinski definition) is 8. The number of allylic oxidation sites excluding steroid dienone is 1. The van der Waals surface area contributed by atoms with Gasteiger partial charge in [-0.3, -0.25) is 4.79 Å². The predicted molar refractivity (Wildman–Crippen MR) is 230 cm³/mol. The van der Waals surface area contributed by atoms with Gasteiger partial charge in [0.15, 0.2) is 0 Å². The highest BCUT2D eigenvalue weighted by Gasteiger charge is 2.57. The molecule has 0 aromatic heterocycles. The molecule has 56 heavy (non-hydrogen) atoms. The van der Waals surface area contributed by atoms with E-state index in [-0.39, 0.29) is 11.7 Å². The lowest BCUT2D eigenvalue weighted by molar-refractivity contribution is -0.452. The van der Waals surface area contributed by atoms with Gasteiger partial charge in [-0.25, -0.2) is 0 Å². The molecule has 0 heterocycles. The van der Waals surface area contributed by atoms with Crippen molar-refractivity contribution in [3.63, 3.8) is 0 Å². The molecule has 0 spiro atoms. The summed E-state index contributed by atoms with van der Waals surface area (Å²) >= 11 is 0. The fraction of sp³-hybridized carbons (Fsp3) is 0.938. The number of carbonyl (C=O) groups excluding carboxylic acids is 1. The maximum absolute atomic E-state index is 13.8. The van der Waals surface area contributed by atoms with E-state index < -0.39 is 35.7 Å². The van der Waals surface area contributed by atoms with Crippen molar-refractivity contribution in [3.8, 4) is 0 Å². The van der Waals surface area contributed by atoms with Crippen LogP contribution in [0.15, 0.2) is 12.3 Å². The Kier molecular flexibility index (Phi) is 29.9. The third kappa shape index (κ3) is 22.3. The first-order valence-electron chi connectivity index (χ1n) is 24.0. The van der Waals surface area contributed by atoms with Crippen LogP contribution in [0, 0.1) is 35.5 Å². The van der Waals surface area contributed by atoms with Crippen LogP contribution >= 0.6 is 0 Å². The lowest BCUT2D eigenvalue weighted by atomic mass is 9.79. The van der Waals surface area contributed by atoms with Crippen LogP contribution in [-0.2, 0) is 14.3 Å². The number of aliphatic hydroxyl groups is 5. The van der Waals surface area contributed by atoms with Gasteiger partial charge in [-0.2, -0.15) is 0 Å². The van der Waals surface area contributed by atoms with Gasteiger partial charge in [0.2, 0.25) is 0 Å². The molecule has 0 aromatic rings. The molecule has 0 radical (unpaired) electrons. The van der Waals surface area contributed by atoms with Gasteiger partial charge in [-0.1, -0.05) is 182 Å². The minimum Gasteiger partial charge on any atom is -0.444 e. The number of esters is 1. The van der Waals surface area contributed by atoms with Gasteiger partial charge in [0, 0.05) is 12.5 Å². The van der Waals surface area contributed by atoms with E-state index >= 15 is 0 Å². The highest BCUT2D eigenvalue weighted by Crippen LogP contribution is 2.43. The van der Waals surface area contributed by atoms with Crippen LogP contribution in [0.3, 0.4) is 0 Å². The molecular weight excluding hydrogens is 705 g/mol. The fourth-order valence-electron chi connectivity index (χ4n) is 8.70. The van der Waals surface area contributed by atoms with E-state index in [1.807, 2.05) is 13.8 Å². The number of hydrogen-bond donors (Lipinski definition) is 5. The Hall–Kier alpha value is -1.19. The molecule has 5 N–H and O–H groups in total. The first-order chi connectivity index (χ1) is 26.9. The van der Waals surface area contributed by atoms with Gasteiger partial charge in [0.05, 0.1) is 11.7 Å². The van der Waals surface area contributed by atoms with E-state index in [0.29, 0.717) is 57.0 Å². The largest absolute Gasteiger partial charge is 0.444 e. The second kappa shape index (κ2) is 31.7. The first kappa shape index (κ1) is 52.8. The third-order valence-corrected chi connectivity index (χ3v) is 12.8. The van der Waals surface area contributed by atoms with Crippen LogP contribution in [0.25, 0.3) is 0 Å². The summed E-state index contributed by atoms with van der Waals surface area (Å²) in [4.78, 5) is 13.8. The second-order valence-electron chi connectivity index (χ2n) is 17.8. The summed E-state index contributed by atoms with van der Waals surface area (Å²) in [5.41, 5.74) is 0. The molecule has 2 rings (SSSR count). The Morgan fingerprint density at radius 2 is 0.964 bits per heavy atom. The monoisotopic (exact) mass is 797 g/mol. The SMILES string of the molecule is C=C(OC(O)(O)C(C(CCC)CCC)C(O)(O)OC(=O)C(CCCCCCCC)CCC1CCC1)C(CCCCCCCC)CCC1CCC1.CCCCCO. The molecule has 8 nitrogen and oxygen atoms in total. The highest BCUT2D eigenvalue weighted by molar-refractivity contribution is 5.72. The van der Waals surface area contributed by atoms with Gasteiger partial charge in [0.25, 0.3) is 0 Å². The van der Waals surface area contributed by atoms with E-state index in [4.69, 9.17) is 14.6 Å². The second-order valence-corrected chi connectivity index (χ2v) is 17.8. The Balaban J connectivity index is 0.00000241. The van der Waals surface area contributed by atoms with Crippen molar-refractivity contribution in [1.29, 1.82) is 0 Å². The third-order valence-electron chi connectivity index (χ3n) is 12.8. The Morgan fingerprint density at radius 3 is 1.38 bits per heavy atom. The number of rotatable bonds is 35. The van der Waals surface area contributed by atoms with Crippen molar-refractivity contribution in [3.05, 3.63) is 12.3 Å². The molecule has 0 amide bonds. The van der Waals surface area contributed by atoms with Crippen LogP contribution in [0.2, 0.25) is 0 Å². The summed E-state index contributed by atoms with van der Waals surface area (Å²) in [5, 5.41) is 55.0. The lowest BCUT2D eigenvalue weighted by Crippen LogP contribution is -2.59. The maximum atomic E-state index is 13.8. The number of carbonyl (C=O) groups is 1. The zero-order valence-corrected chi connectivity index (χ0v) is 37.3. The number of ether oxygens (including phenoxy) is 2. The van der Waals surface area contributed by atoms with Crippen LogP contribution in [0.4, 0.5) is 0 Å². The van der Waals surface area contributed by atoms with Crippen molar-refractivity contribution in [2.75, 3.05) is 6.61 Å². The molecule has 332 valence electrons. The first-order valence-corrected chi connectivity index (χ1v) is 24.0. The summed E-state index contributed by atoms with van der Waals surface area (Å²) in [6, 6.07) is 0. The van der Waals surface area contributed by atoms with Crippen LogP contribution < -0.4 is 0 Å². The van der Waals surface area contributed by atoms with Gasteiger partial charge in [-0.05, 0) is 75.5 Å².